The number of para-hydroxylation sites is 1. The molecule has 24 heavy (non-hydrogen) atoms. The highest BCUT2D eigenvalue weighted by Crippen LogP contribution is 2.27. The first-order valence-electron chi connectivity index (χ1n) is 7.97. The number of fused-ring (bicyclic) bond motifs is 1. The van der Waals surface area contributed by atoms with Crippen LogP contribution in [-0.4, -0.2) is 37.7 Å². The molecule has 0 fully saturated rings. The number of rotatable bonds is 5. The van der Waals surface area contributed by atoms with E-state index in [-0.39, 0.29) is 6.10 Å². The highest BCUT2D eigenvalue weighted by molar-refractivity contribution is 5.79. The Hall–Kier alpha value is -2.76. The first-order valence-corrected chi connectivity index (χ1v) is 7.97. The molecule has 1 aliphatic rings. The molecule has 126 valence electrons. The van der Waals surface area contributed by atoms with Gasteiger partial charge >= 0.3 is 0 Å². The quantitative estimate of drug-likeness (QED) is 0.647. The molecule has 6 heteroatoms. The van der Waals surface area contributed by atoms with Gasteiger partial charge in [-0.15, -0.1) is 0 Å². The molecule has 0 bridgehead atoms. The Kier molecular flexibility index (Phi) is 5.15. The third-order valence-corrected chi connectivity index (χ3v) is 3.86. The summed E-state index contributed by atoms with van der Waals surface area (Å²) in [5.41, 5.74) is 2.15. The second kappa shape index (κ2) is 7.68. The van der Waals surface area contributed by atoms with Crippen molar-refractivity contribution in [1.29, 1.82) is 0 Å². The zero-order valence-corrected chi connectivity index (χ0v) is 14.0. The van der Waals surface area contributed by atoms with E-state index in [0.717, 1.165) is 23.8 Å². The Labute approximate surface area is 141 Å². The van der Waals surface area contributed by atoms with Gasteiger partial charge in [-0.1, -0.05) is 24.3 Å². The van der Waals surface area contributed by atoms with Gasteiger partial charge in [0.15, 0.2) is 5.96 Å². The van der Waals surface area contributed by atoms with E-state index in [9.17, 15) is 0 Å². The lowest BCUT2D eigenvalue weighted by Crippen LogP contribution is -2.42. The van der Waals surface area contributed by atoms with E-state index in [2.05, 4.69) is 26.7 Å². The van der Waals surface area contributed by atoms with E-state index in [1.54, 1.807) is 14.2 Å². The molecule has 1 aliphatic heterocycles. The van der Waals surface area contributed by atoms with Gasteiger partial charge in [0.05, 0.1) is 25.9 Å². The molecule has 2 aromatic rings. The Balaban J connectivity index is 1.47. The minimum Gasteiger partial charge on any atom is -0.488 e. The number of guanidine groups is 1. The van der Waals surface area contributed by atoms with Gasteiger partial charge < -0.3 is 20.1 Å². The van der Waals surface area contributed by atoms with Crippen molar-refractivity contribution < 1.29 is 9.47 Å². The average molecular weight is 326 g/mol. The van der Waals surface area contributed by atoms with Gasteiger partial charge in [-0.2, -0.15) is 0 Å². The van der Waals surface area contributed by atoms with Crippen molar-refractivity contribution >= 4 is 5.96 Å². The monoisotopic (exact) mass is 326 g/mol. The van der Waals surface area contributed by atoms with Gasteiger partial charge in [-0.3, -0.25) is 4.99 Å². The van der Waals surface area contributed by atoms with Crippen molar-refractivity contribution in [3.05, 3.63) is 53.7 Å². The number of hydrogen-bond donors (Lipinski definition) is 2. The van der Waals surface area contributed by atoms with Gasteiger partial charge in [-0.25, -0.2) is 4.98 Å². The molecule has 1 aromatic carbocycles. The lowest BCUT2D eigenvalue weighted by molar-refractivity contribution is 0.235. The summed E-state index contributed by atoms with van der Waals surface area (Å²) >= 11 is 0. The number of hydrogen-bond acceptors (Lipinski definition) is 4. The van der Waals surface area contributed by atoms with E-state index in [4.69, 9.17) is 9.47 Å². The normalized spacial score (nSPS) is 16.2. The summed E-state index contributed by atoms with van der Waals surface area (Å²) in [5.74, 6) is 2.31. The van der Waals surface area contributed by atoms with Gasteiger partial charge in [-0.05, 0) is 17.7 Å². The summed E-state index contributed by atoms with van der Waals surface area (Å²) in [4.78, 5) is 8.61. The van der Waals surface area contributed by atoms with E-state index < -0.39 is 0 Å². The van der Waals surface area contributed by atoms with Crippen molar-refractivity contribution in [2.45, 2.75) is 19.1 Å². The van der Waals surface area contributed by atoms with Gasteiger partial charge in [0.1, 0.15) is 11.9 Å². The molecule has 6 nitrogen and oxygen atoms in total. The number of aromatic nitrogens is 1. The summed E-state index contributed by atoms with van der Waals surface area (Å²) in [6, 6.07) is 13.8. The van der Waals surface area contributed by atoms with E-state index in [1.165, 1.54) is 5.56 Å². The molecule has 2 heterocycles. The molecular weight excluding hydrogens is 304 g/mol. The van der Waals surface area contributed by atoms with Crippen LogP contribution < -0.4 is 20.1 Å². The molecule has 1 unspecified atom stereocenters. The molecule has 0 saturated heterocycles. The number of aliphatic imine (C=N–C) groups is 1. The minimum absolute atomic E-state index is 0.121. The number of nitrogens with one attached hydrogen (secondary N) is 2. The third-order valence-electron chi connectivity index (χ3n) is 3.86. The number of ether oxygens (including phenoxy) is 2. The second-order valence-corrected chi connectivity index (χ2v) is 5.53. The topological polar surface area (TPSA) is 67.8 Å². The van der Waals surface area contributed by atoms with Gasteiger partial charge in [0.2, 0.25) is 5.88 Å². The summed E-state index contributed by atoms with van der Waals surface area (Å²) in [6.45, 7) is 1.27. The van der Waals surface area contributed by atoms with Crippen molar-refractivity contribution in [3.8, 4) is 11.6 Å². The first kappa shape index (κ1) is 16.1. The number of methoxy groups -OCH3 is 1. The van der Waals surface area contributed by atoms with Crippen LogP contribution in [0.25, 0.3) is 0 Å². The van der Waals surface area contributed by atoms with E-state index in [1.807, 2.05) is 36.4 Å². The lowest BCUT2D eigenvalue weighted by atomic mass is 10.1. The predicted molar refractivity (Wildman–Crippen MR) is 93.6 cm³/mol. The molecule has 1 atom stereocenters. The smallest absolute Gasteiger partial charge is 0.213 e. The van der Waals surface area contributed by atoms with Crippen molar-refractivity contribution in [3.63, 3.8) is 0 Å². The zero-order chi connectivity index (χ0) is 16.8. The number of pyridine rings is 1. The summed E-state index contributed by atoms with van der Waals surface area (Å²) in [7, 11) is 3.36. The molecule has 1 aromatic heterocycles. The van der Waals surface area contributed by atoms with Crippen LogP contribution in [-0.2, 0) is 13.0 Å². The van der Waals surface area contributed by atoms with Crippen molar-refractivity contribution in [2.24, 2.45) is 4.99 Å². The first-order chi connectivity index (χ1) is 11.8. The van der Waals surface area contributed by atoms with Crippen molar-refractivity contribution in [1.82, 2.24) is 15.6 Å². The van der Waals surface area contributed by atoms with Crippen LogP contribution in [0.4, 0.5) is 0 Å². The van der Waals surface area contributed by atoms with Crippen LogP contribution in [0.5, 0.6) is 11.6 Å². The standard InChI is InChI=1S/C18H22N4O2/c1-19-18(20-11-14-7-5-9-17(22-14)23-2)21-12-15-10-13-6-3-4-8-16(13)24-15/h3-9,15H,10-12H2,1-2H3,(H2,19,20,21). The third kappa shape index (κ3) is 3.95. The highest BCUT2D eigenvalue weighted by Gasteiger charge is 2.22. The second-order valence-electron chi connectivity index (χ2n) is 5.53. The average Bonchev–Trinajstić information content (AvgIpc) is 3.05. The maximum atomic E-state index is 5.92. The largest absolute Gasteiger partial charge is 0.488 e. The number of benzene rings is 1. The van der Waals surface area contributed by atoms with Crippen LogP contribution >= 0.6 is 0 Å². The van der Waals surface area contributed by atoms with Crippen LogP contribution in [0.15, 0.2) is 47.5 Å². The summed E-state index contributed by atoms with van der Waals surface area (Å²) in [5, 5.41) is 6.55. The number of nitrogens with zero attached hydrogens (tertiary/aromatic N) is 2. The molecule has 0 amide bonds. The zero-order valence-electron chi connectivity index (χ0n) is 14.0. The maximum Gasteiger partial charge on any atom is 0.213 e. The Bertz CT molecular complexity index is 693. The molecule has 0 radical (unpaired) electrons. The Morgan fingerprint density at radius 2 is 2.12 bits per heavy atom. The van der Waals surface area contributed by atoms with Crippen LogP contribution in [0.3, 0.4) is 0 Å². The van der Waals surface area contributed by atoms with Gasteiger partial charge in [0.25, 0.3) is 0 Å². The highest BCUT2D eigenvalue weighted by atomic mass is 16.5. The Morgan fingerprint density at radius 1 is 1.25 bits per heavy atom. The predicted octanol–water partition coefficient (Wildman–Crippen LogP) is 1.76. The van der Waals surface area contributed by atoms with E-state index >= 15 is 0 Å². The molecular formula is C18H22N4O2. The fourth-order valence-corrected chi connectivity index (χ4v) is 2.64. The SMILES string of the molecule is CN=C(NCc1cccc(OC)n1)NCC1Cc2ccccc2O1. The minimum atomic E-state index is 0.121. The van der Waals surface area contributed by atoms with Crippen LogP contribution in [0.1, 0.15) is 11.3 Å². The van der Waals surface area contributed by atoms with Crippen LogP contribution in [0, 0.1) is 0 Å². The summed E-state index contributed by atoms with van der Waals surface area (Å²) < 4.78 is 11.1. The fourth-order valence-electron chi connectivity index (χ4n) is 2.64. The van der Waals surface area contributed by atoms with Gasteiger partial charge in [0, 0.05) is 19.5 Å². The molecule has 0 saturated carbocycles. The van der Waals surface area contributed by atoms with Crippen LogP contribution in [0.2, 0.25) is 0 Å². The molecule has 3 rings (SSSR count). The molecule has 0 spiro atoms. The van der Waals surface area contributed by atoms with Crippen molar-refractivity contribution in [2.75, 3.05) is 20.7 Å². The van der Waals surface area contributed by atoms with E-state index in [0.29, 0.717) is 19.0 Å². The summed E-state index contributed by atoms with van der Waals surface area (Å²) in [6.07, 6.45) is 1.04. The fraction of sp³-hybridized carbons (Fsp3) is 0.333. The Morgan fingerprint density at radius 3 is 2.92 bits per heavy atom. The lowest BCUT2D eigenvalue weighted by Gasteiger charge is -2.15. The maximum absolute atomic E-state index is 5.92. The molecule has 0 aliphatic carbocycles. The molecule has 2 N–H and O–H groups in total.